The average molecular weight is 417 g/mol. The Balaban J connectivity index is 1.44. The summed E-state index contributed by atoms with van der Waals surface area (Å²) in [5.41, 5.74) is 4.88. The number of aromatic nitrogens is 6. The molecular formula is C21H19N7OS. The Labute approximate surface area is 177 Å². The quantitative estimate of drug-likeness (QED) is 0.493. The van der Waals surface area contributed by atoms with Crippen molar-refractivity contribution in [3.05, 3.63) is 77.4 Å². The maximum atomic E-state index is 12.6. The molecule has 0 fully saturated rings. The van der Waals surface area contributed by atoms with Crippen molar-refractivity contribution in [1.29, 1.82) is 0 Å². The summed E-state index contributed by atoms with van der Waals surface area (Å²) in [6.45, 7) is 5.82. The molecule has 0 aliphatic rings. The number of carbonyl (C=O) groups excluding carboxylic acids is 1. The molecule has 0 spiro atoms. The molecule has 30 heavy (non-hydrogen) atoms. The molecule has 2 heterocycles. The van der Waals surface area contributed by atoms with E-state index in [4.69, 9.17) is 0 Å². The van der Waals surface area contributed by atoms with Crippen LogP contribution in [0.15, 0.2) is 64.9 Å². The van der Waals surface area contributed by atoms with E-state index in [1.54, 1.807) is 10.7 Å². The van der Waals surface area contributed by atoms with Crippen molar-refractivity contribution >= 4 is 23.4 Å². The zero-order chi connectivity index (χ0) is 21.1. The van der Waals surface area contributed by atoms with Gasteiger partial charge in [-0.25, -0.2) is 14.6 Å². The van der Waals surface area contributed by atoms with Gasteiger partial charge in [-0.3, -0.25) is 4.79 Å². The highest BCUT2D eigenvalue weighted by Crippen LogP contribution is 2.26. The molecule has 1 N–H and O–H groups in total. The lowest BCUT2D eigenvalue weighted by Gasteiger charge is -2.09. The van der Waals surface area contributed by atoms with Crippen molar-refractivity contribution in [2.75, 3.05) is 5.32 Å². The topological polar surface area (TPSA) is 98.5 Å². The summed E-state index contributed by atoms with van der Waals surface area (Å²) in [5, 5.41) is 14.8. The fraction of sp³-hybridized carbons (Fsp3) is 0.143. The lowest BCUT2D eigenvalue weighted by atomic mass is 10.1. The number of benzene rings is 2. The number of nitrogens with zero attached hydrogens (tertiary/aromatic N) is 6. The lowest BCUT2D eigenvalue weighted by Crippen LogP contribution is -2.12. The molecule has 0 saturated heterocycles. The number of carbonyl (C=O) groups is 1. The predicted octanol–water partition coefficient (Wildman–Crippen LogP) is 3.78. The van der Waals surface area contributed by atoms with Gasteiger partial charge in [0, 0.05) is 27.5 Å². The Morgan fingerprint density at radius 2 is 1.70 bits per heavy atom. The third kappa shape index (κ3) is 4.52. The molecule has 2 aromatic carbocycles. The van der Waals surface area contributed by atoms with Crippen LogP contribution >= 0.6 is 11.8 Å². The first-order valence-electron chi connectivity index (χ1n) is 9.23. The second-order valence-corrected chi connectivity index (χ2v) is 7.81. The van der Waals surface area contributed by atoms with Crippen LogP contribution in [0.4, 0.5) is 5.69 Å². The minimum atomic E-state index is -0.181. The van der Waals surface area contributed by atoms with Crippen LogP contribution in [0.5, 0.6) is 0 Å². The monoisotopic (exact) mass is 417 g/mol. The first-order valence-corrected chi connectivity index (χ1v) is 10.1. The van der Waals surface area contributed by atoms with Gasteiger partial charge in [0.05, 0.1) is 5.69 Å². The number of rotatable bonds is 5. The van der Waals surface area contributed by atoms with Crippen molar-refractivity contribution in [3.8, 4) is 5.69 Å². The predicted molar refractivity (Wildman–Crippen MR) is 114 cm³/mol. The van der Waals surface area contributed by atoms with Gasteiger partial charge in [-0.2, -0.15) is 0 Å². The van der Waals surface area contributed by atoms with Gasteiger partial charge >= 0.3 is 0 Å². The number of tetrazole rings is 1. The van der Waals surface area contributed by atoms with Gasteiger partial charge in [0.1, 0.15) is 6.33 Å². The normalized spacial score (nSPS) is 10.8. The van der Waals surface area contributed by atoms with Crippen molar-refractivity contribution < 1.29 is 4.79 Å². The molecule has 0 unspecified atom stereocenters. The van der Waals surface area contributed by atoms with Crippen LogP contribution in [-0.4, -0.2) is 36.1 Å². The fourth-order valence-corrected chi connectivity index (χ4v) is 3.84. The second-order valence-electron chi connectivity index (χ2n) is 6.77. The molecule has 9 heteroatoms. The third-order valence-corrected chi connectivity index (χ3v) is 5.21. The van der Waals surface area contributed by atoms with Crippen LogP contribution in [-0.2, 0) is 0 Å². The summed E-state index contributed by atoms with van der Waals surface area (Å²) in [7, 11) is 0. The molecule has 150 valence electrons. The summed E-state index contributed by atoms with van der Waals surface area (Å²) in [6, 6.07) is 14.9. The number of aryl methyl sites for hydroxylation is 3. The van der Waals surface area contributed by atoms with Gasteiger partial charge in [-0.15, -0.1) is 5.10 Å². The molecular weight excluding hydrogens is 398 g/mol. The van der Waals surface area contributed by atoms with E-state index in [-0.39, 0.29) is 5.91 Å². The first kappa shape index (κ1) is 19.7. The van der Waals surface area contributed by atoms with Crippen LogP contribution in [0.25, 0.3) is 5.69 Å². The zero-order valence-corrected chi connectivity index (χ0v) is 17.5. The van der Waals surface area contributed by atoms with Crippen LogP contribution in [0.3, 0.4) is 0 Å². The highest BCUT2D eigenvalue weighted by atomic mass is 32.2. The zero-order valence-electron chi connectivity index (χ0n) is 16.7. The Bertz CT molecular complexity index is 1170. The van der Waals surface area contributed by atoms with E-state index in [0.29, 0.717) is 16.4 Å². The van der Waals surface area contributed by atoms with Gasteiger partial charge < -0.3 is 5.32 Å². The Morgan fingerprint density at radius 3 is 2.33 bits per heavy atom. The molecule has 0 bridgehead atoms. The highest BCUT2D eigenvalue weighted by Gasteiger charge is 2.10. The van der Waals surface area contributed by atoms with Crippen LogP contribution < -0.4 is 5.32 Å². The Kier molecular flexibility index (Phi) is 5.53. The van der Waals surface area contributed by atoms with E-state index in [9.17, 15) is 4.79 Å². The van der Waals surface area contributed by atoms with Crippen molar-refractivity contribution in [2.24, 2.45) is 0 Å². The third-order valence-electron chi connectivity index (χ3n) is 4.34. The second kappa shape index (κ2) is 8.42. The maximum absolute atomic E-state index is 12.6. The number of amides is 1. The largest absolute Gasteiger partial charge is 0.322 e. The number of hydrogen-bond acceptors (Lipinski definition) is 7. The van der Waals surface area contributed by atoms with Gasteiger partial charge in [-0.1, -0.05) is 0 Å². The van der Waals surface area contributed by atoms with Crippen molar-refractivity contribution in [3.63, 3.8) is 0 Å². The summed E-state index contributed by atoms with van der Waals surface area (Å²) in [5.74, 6) is -0.181. The van der Waals surface area contributed by atoms with E-state index in [0.717, 1.165) is 27.5 Å². The van der Waals surface area contributed by atoms with Gasteiger partial charge in [0.2, 0.25) is 0 Å². The van der Waals surface area contributed by atoms with E-state index in [1.165, 1.54) is 18.1 Å². The van der Waals surface area contributed by atoms with Crippen LogP contribution in [0, 0.1) is 20.8 Å². The molecule has 0 radical (unpaired) electrons. The smallest absolute Gasteiger partial charge is 0.255 e. The summed E-state index contributed by atoms with van der Waals surface area (Å²) < 4.78 is 1.56. The molecule has 4 rings (SSSR count). The number of nitrogens with one attached hydrogen (secondary N) is 1. The number of hydrogen-bond donors (Lipinski definition) is 1. The van der Waals surface area contributed by atoms with Crippen molar-refractivity contribution in [2.45, 2.75) is 30.8 Å². The number of anilines is 1. The average Bonchev–Trinajstić information content (AvgIpc) is 3.23. The molecule has 0 saturated carbocycles. The van der Waals surface area contributed by atoms with E-state index in [1.807, 2.05) is 63.2 Å². The molecule has 8 nitrogen and oxygen atoms in total. The molecule has 1 amide bonds. The lowest BCUT2D eigenvalue weighted by molar-refractivity contribution is 0.102. The van der Waals surface area contributed by atoms with Gasteiger partial charge in [0.15, 0.2) is 5.16 Å². The minimum absolute atomic E-state index is 0.181. The molecule has 0 aliphatic carbocycles. The van der Waals surface area contributed by atoms with Crippen LogP contribution in [0.2, 0.25) is 0 Å². The maximum Gasteiger partial charge on any atom is 0.255 e. The SMILES string of the molecule is Cc1cc(C)nc(Sc2ccc(NC(=O)c3ccc(-n4cnnn4)c(C)c3)cc2)n1. The molecule has 0 atom stereocenters. The summed E-state index contributed by atoms with van der Waals surface area (Å²) >= 11 is 1.49. The molecule has 4 aromatic rings. The van der Waals surface area contributed by atoms with Crippen molar-refractivity contribution in [1.82, 2.24) is 30.2 Å². The van der Waals surface area contributed by atoms with E-state index < -0.39 is 0 Å². The molecule has 2 aromatic heterocycles. The fourth-order valence-electron chi connectivity index (χ4n) is 2.98. The highest BCUT2D eigenvalue weighted by molar-refractivity contribution is 7.99. The summed E-state index contributed by atoms with van der Waals surface area (Å²) in [4.78, 5) is 22.5. The Hall–Kier alpha value is -3.59. The van der Waals surface area contributed by atoms with Gasteiger partial charge in [-0.05, 0) is 97.1 Å². The Morgan fingerprint density at radius 1 is 0.967 bits per heavy atom. The first-order chi connectivity index (χ1) is 14.5. The van der Waals surface area contributed by atoms with E-state index >= 15 is 0 Å². The summed E-state index contributed by atoms with van der Waals surface area (Å²) in [6.07, 6.45) is 1.52. The molecule has 0 aliphatic heterocycles. The minimum Gasteiger partial charge on any atom is -0.322 e. The standard InChI is InChI=1S/C21H19N7OS/c1-13-10-16(4-9-19(13)28-12-22-26-27-28)20(29)25-17-5-7-18(8-6-17)30-21-23-14(2)11-15(3)24-21/h4-12H,1-3H3,(H,25,29). The van der Waals surface area contributed by atoms with E-state index in [2.05, 4.69) is 30.8 Å². The van der Waals surface area contributed by atoms with Crippen LogP contribution in [0.1, 0.15) is 27.3 Å². The van der Waals surface area contributed by atoms with Gasteiger partial charge in [0.25, 0.3) is 5.91 Å².